The number of hydrogen-bond acceptors (Lipinski definition) is 7. The summed E-state index contributed by atoms with van der Waals surface area (Å²) in [6.45, 7) is 1.85. The fraction of sp³-hybridized carbons (Fsp3) is 0.300. The summed E-state index contributed by atoms with van der Waals surface area (Å²) in [6, 6.07) is 16.7. The van der Waals surface area contributed by atoms with Gasteiger partial charge in [-0.2, -0.15) is 4.31 Å². The molecule has 44 heavy (non-hydrogen) atoms. The van der Waals surface area contributed by atoms with Crippen molar-refractivity contribution in [3.63, 3.8) is 0 Å². The second-order valence-corrected chi connectivity index (χ2v) is 12.6. The minimum absolute atomic E-state index is 0.0128. The number of benzene rings is 3. The first-order valence-electron chi connectivity index (χ1n) is 13.5. The highest BCUT2D eigenvalue weighted by Gasteiger charge is 2.48. The maximum absolute atomic E-state index is 13.6. The van der Waals surface area contributed by atoms with Crippen molar-refractivity contribution >= 4 is 27.9 Å². The number of amides is 2. The van der Waals surface area contributed by atoms with Crippen molar-refractivity contribution in [3.05, 3.63) is 77.9 Å². The average Bonchev–Trinajstić information content (AvgIpc) is 3.27. The molecule has 1 fully saturated rings. The fourth-order valence-corrected chi connectivity index (χ4v) is 6.61. The lowest BCUT2D eigenvalue weighted by Gasteiger charge is -2.34. The Morgan fingerprint density at radius 1 is 0.977 bits per heavy atom. The van der Waals surface area contributed by atoms with Gasteiger partial charge < -0.3 is 19.7 Å². The molecule has 2 aliphatic rings. The molecule has 0 saturated carbocycles. The van der Waals surface area contributed by atoms with Crippen LogP contribution in [0, 0.1) is 6.92 Å². The van der Waals surface area contributed by atoms with Crippen LogP contribution in [0.5, 0.6) is 11.5 Å². The van der Waals surface area contributed by atoms with E-state index in [2.05, 4.69) is 15.0 Å². The van der Waals surface area contributed by atoms with Crippen LogP contribution in [-0.4, -0.2) is 74.5 Å². The fourth-order valence-electron chi connectivity index (χ4n) is 5.12. The molecular formula is C30H29F3N4O6S. The molecule has 0 radical (unpaired) electrons. The molecule has 0 bridgehead atoms. The van der Waals surface area contributed by atoms with Gasteiger partial charge in [-0.15, -0.1) is 13.2 Å². The van der Waals surface area contributed by atoms with Crippen LogP contribution in [0.3, 0.4) is 0 Å². The van der Waals surface area contributed by atoms with Crippen molar-refractivity contribution in [3.8, 4) is 22.6 Å². The summed E-state index contributed by atoms with van der Waals surface area (Å²) < 4.78 is 75.8. The lowest BCUT2D eigenvalue weighted by molar-refractivity contribution is -0.274. The van der Waals surface area contributed by atoms with Crippen LogP contribution in [0.1, 0.15) is 24.0 Å². The molecule has 5 rings (SSSR count). The van der Waals surface area contributed by atoms with Crippen molar-refractivity contribution < 1.29 is 40.7 Å². The highest BCUT2D eigenvalue weighted by Crippen LogP contribution is 2.35. The number of hydrogen-bond donors (Lipinski definition) is 1. The Bertz CT molecular complexity index is 1750. The second kappa shape index (κ2) is 11.6. The third-order valence-corrected chi connectivity index (χ3v) is 9.32. The number of amidine groups is 1. The smallest absolute Gasteiger partial charge is 0.410 e. The van der Waals surface area contributed by atoms with Crippen LogP contribution in [0.15, 0.2) is 76.6 Å². The number of rotatable bonds is 6. The molecule has 2 aliphatic heterocycles. The Morgan fingerprint density at radius 2 is 1.66 bits per heavy atom. The number of carbonyl (C=O) groups excluding carboxylic acids is 2. The van der Waals surface area contributed by atoms with Gasteiger partial charge in [0.2, 0.25) is 10.0 Å². The van der Waals surface area contributed by atoms with Gasteiger partial charge >= 0.3 is 12.5 Å². The number of piperidine rings is 1. The van der Waals surface area contributed by atoms with E-state index in [0.717, 1.165) is 23.3 Å². The zero-order chi connectivity index (χ0) is 31.9. The Labute approximate surface area is 252 Å². The van der Waals surface area contributed by atoms with Gasteiger partial charge in [-0.05, 0) is 72.9 Å². The second-order valence-electron chi connectivity index (χ2n) is 10.7. The number of ether oxygens (including phenoxy) is 2. The van der Waals surface area contributed by atoms with Gasteiger partial charge in [0.25, 0.3) is 5.91 Å². The molecule has 232 valence electrons. The molecule has 3 aromatic carbocycles. The highest BCUT2D eigenvalue weighted by atomic mass is 32.2. The normalized spacial score (nSPS) is 16.8. The molecule has 14 heteroatoms. The number of aliphatic imine (C=N–C) groups is 1. The van der Waals surface area contributed by atoms with Crippen LogP contribution >= 0.6 is 0 Å². The molecule has 0 aromatic heterocycles. The largest absolute Gasteiger partial charge is 0.573 e. The predicted molar refractivity (Wildman–Crippen MR) is 155 cm³/mol. The number of nitrogens with zero attached hydrogens (tertiary/aromatic N) is 3. The van der Waals surface area contributed by atoms with E-state index < -0.39 is 39.7 Å². The standard InChI is InChI=1S/C30H29F3N4O6S/c1-19-16-22(42-28(39)36(2)3)10-11-25(19)20-6-5-9-24(18-20)44(40,41)37-14-12-29(13-15-37)27(38)34-26(35-29)21-7-4-8-23(17-21)43-30(31,32)33/h4-11,16-18H,12-15H2,1-3H3,(H,34,35,38). The van der Waals surface area contributed by atoms with E-state index in [-0.39, 0.29) is 42.2 Å². The molecule has 1 saturated heterocycles. The summed E-state index contributed by atoms with van der Waals surface area (Å²) in [7, 11) is -0.787. The zero-order valence-corrected chi connectivity index (χ0v) is 24.8. The van der Waals surface area contributed by atoms with Crippen LogP contribution in [0.25, 0.3) is 11.1 Å². The molecule has 0 aliphatic carbocycles. The summed E-state index contributed by atoms with van der Waals surface area (Å²) in [6.07, 6.45) is -5.21. The summed E-state index contributed by atoms with van der Waals surface area (Å²) >= 11 is 0. The molecule has 1 N–H and O–H groups in total. The monoisotopic (exact) mass is 630 g/mol. The highest BCUT2D eigenvalue weighted by molar-refractivity contribution is 7.89. The van der Waals surface area contributed by atoms with Gasteiger partial charge in [-0.3, -0.25) is 9.79 Å². The van der Waals surface area contributed by atoms with Crippen molar-refractivity contribution in [2.24, 2.45) is 4.99 Å². The number of sulfonamides is 1. The number of aryl methyl sites for hydroxylation is 1. The van der Waals surface area contributed by atoms with Gasteiger partial charge in [0, 0.05) is 32.7 Å². The number of alkyl halides is 3. The Hall–Kier alpha value is -4.43. The lowest BCUT2D eigenvalue weighted by Crippen LogP contribution is -2.50. The number of carbonyl (C=O) groups is 2. The molecule has 2 amide bonds. The Morgan fingerprint density at radius 3 is 2.32 bits per heavy atom. The van der Waals surface area contributed by atoms with E-state index in [1.165, 1.54) is 27.4 Å². The molecule has 0 unspecified atom stereocenters. The van der Waals surface area contributed by atoms with Crippen molar-refractivity contribution in [1.82, 2.24) is 14.5 Å². The van der Waals surface area contributed by atoms with Crippen LogP contribution < -0.4 is 14.8 Å². The Balaban J connectivity index is 1.31. The molecule has 3 aromatic rings. The number of nitrogens with one attached hydrogen (secondary N) is 1. The molecule has 0 atom stereocenters. The molecule has 1 spiro atoms. The third-order valence-electron chi connectivity index (χ3n) is 7.42. The molecule has 10 nitrogen and oxygen atoms in total. The van der Waals surface area contributed by atoms with E-state index in [1.807, 2.05) is 6.92 Å². The van der Waals surface area contributed by atoms with Gasteiger partial charge in [-0.1, -0.05) is 30.3 Å². The maximum atomic E-state index is 13.6. The van der Waals surface area contributed by atoms with Gasteiger partial charge in [0.1, 0.15) is 22.9 Å². The lowest BCUT2D eigenvalue weighted by atomic mass is 9.89. The Kier molecular flexibility index (Phi) is 8.16. The van der Waals surface area contributed by atoms with Gasteiger partial charge in [0.15, 0.2) is 0 Å². The summed E-state index contributed by atoms with van der Waals surface area (Å²) in [5.41, 5.74) is 1.20. The van der Waals surface area contributed by atoms with Crippen LogP contribution in [0.2, 0.25) is 0 Å². The minimum Gasteiger partial charge on any atom is -0.410 e. The van der Waals surface area contributed by atoms with Crippen LogP contribution in [0.4, 0.5) is 18.0 Å². The average molecular weight is 631 g/mol. The van der Waals surface area contributed by atoms with E-state index in [0.29, 0.717) is 11.3 Å². The zero-order valence-electron chi connectivity index (χ0n) is 24.0. The van der Waals surface area contributed by atoms with E-state index >= 15 is 0 Å². The predicted octanol–water partition coefficient (Wildman–Crippen LogP) is 4.72. The van der Waals surface area contributed by atoms with Gasteiger partial charge in [0.05, 0.1) is 4.90 Å². The molecular weight excluding hydrogens is 601 g/mol. The quantitative estimate of drug-likeness (QED) is 0.421. The van der Waals surface area contributed by atoms with Gasteiger partial charge in [-0.25, -0.2) is 13.2 Å². The van der Waals surface area contributed by atoms with E-state index in [4.69, 9.17) is 4.74 Å². The van der Waals surface area contributed by atoms with E-state index in [9.17, 15) is 31.2 Å². The topological polar surface area (TPSA) is 118 Å². The summed E-state index contributed by atoms with van der Waals surface area (Å²) in [4.78, 5) is 30.8. The summed E-state index contributed by atoms with van der Waals surface area (Å²) in [5, 5.41) is 2.63. The first-order valence-corrected chi connectivity index (χ1v) is 15.0. The molecule has 2 heterocycles. The summed E-state index contributed by atoms with van der Waals surface area (Å²) in [5.74, 6) is -0.427. The first-order chi connectivity index (χ1) is 20.7. The SMILES string of the molecule is Cc1cc(OC(=O)N(C)C)ccc1-c1cccc(S(=O)(=O)N2CCC3(CC2)N=C(c2cccc(OC(F)(F)F)c2)NC3=O)c1. The van der Waals surface area contributed by atoms with Crippen LogP contribution in [-0.2, 0) is 14.8 Å². The maximum Gasteiger partial charge on any atom is 0.573 e. The number of halogens is 3. The van der Waals surface area contributed by atoms with Crippen molar-refractivity contribution in [1.29, 1.82) is 0 Å². The van der Waals surface area contributed by atoms with Crippen molar-refractivity contribution in [2.45, 2.75) is 36.6 Å². The van der Waals surface area contributed by atoms with Crippen molar-refractivity contribution in [2.75, 3.05) is 27.2 Å². The first kappa shape index (κ1) is 31.0. The third kappa shape index (κ3) is 6.40. The minimum atomic E-state index is -4.87. The van der Waals surface area contributed by atoms with E-state index in [1.54, 1.807) is 50.5 Å².